The number of benzene rings is 2. The number of alkyl halides is 2. The summed E-state index contributed by atoms with van der Waals surface area (Å²) in [4.78, 5) is 0. The van der Waals surface area contributed by atoms with E-state index in [0.29, 0.717) is 16.7 Å². The fourth-order valence-electron chi connectivity index (χ4n) is 2.54. The maximum atomic E-state index is 14.6. The molecule has 1 atom stereocenters. The Hall–Kier alpha value is -1.78. The summed E-state index contributed by atoms with van der Waals surface area (Å²) in [6.07, 6.45) is -1.27. The van der Waals surface area contributed by atoms with Crippen molar-refractivity contribution in [3.05, 3.63) is 70.8 Å². The molecule has 0 fully saturated rings. The minimum Gasteiger partial charge on any atom is -0.392 e. The van der Waals surface area contributed by atoms with Gasteiger partial charge in [-0.2, -0.15) is 8.78 Å². The highest BCUT2D eigenvalue weighted by Gasteiger charge is 2.47. The largest absolute Gasteiger partial charge is 0.392 e. The number of fused-ring (bicyclic) bond motifs is 1. The van der Waals surface area contributed by atoms with Gasteiger partial charge in [0.05, 0.1) is 13.2 Å². The van der Waals surface area contributed by atoms with Crippen molar-refractivity contribution in [2.75, 3.05) is 0 Å². The molecule has 0 aromatic heterocycles. The maximum Gasteiger partial charge on any atom is 0.303 e. The Bertz CT molecular complexity index is 611. The van der Waals surface area contributed by atoms with Crippen LogP contribution in [0.3, 0.4) is 0 Å². The first-order chi connectivity index (χ1) is 9.63. The number of aliphatic hydroxyl groups excluding tert-OH is 1. The number of rotatable bonds is 2. The molecule has 2 aromatic carbocycles. The molecule has 0 radical (unpaired) electrons. The molecule has 1 aliphatic rings. The molecule has 2 nitrogen and oxygen atoms in total. The molecule has 2 aromatic rings. The molecule has 1 unspecified atom stereocenters. The van der Waals surface area contributed by atoms with Crippen molar-refractivity contribution in [2.45, 2.75) is 25.2 Å². The van der Waals surface area contributed by atoms with Crippen LogP contribution in [0.25, 0.3) is 0 Å². The normalized spacial score (nSPS) is 20.4. The van der Waals surface area contributed by atoms with Gasteiger partial charge in [-0.05, 0) is 16.7 Å². The predicted octanol–water partition coefficient (Wildman–Crippen LogP) is 3.54. The molecule has 0 amide bonds. The SMILES string of the molecule is OCc1ccc2c(c1)COC(c1ccccc1)C2(F)F. The summed E-state index contributed by atoms with van der Waals surface area (Å²) >= 11 is 0. The molecule has 1 N–H and O–H groups in total. The molecular formula is C16H14F2O2. The van der Waals surface area contributed by atoms with Crippen LogP contribution in [0.2, 0.25) is 0 Å². The van der Waals surface area contributed by atoms with Crippen LogP contribution in [0, 0.1) is 0 Å². The minimum atomic E-state index is -3.08. The Labute approximate surface area is 115 Å². The quantitative estimate of drug-likeness (QED) is 0.909. The van der Waals surface area contributed by atoms with Crippen molar-refractivity contribution in [3.63, 3.8) is 0 Å². The number of hydrogen-bond acceptors (Lipinski definition) is 2. The molecule has 0 spiro atoms. The van der Waals surface area contributed by atoms with Gasteiger partial charge in [-0.3, -0.25) is 0 Å². The molecule has 20 heavy (non-hydrogen) atoms. The number of aliphatic hydroxyl groups is 1. The van der Waals surface area contributed by atoms with Crippen LogP contribution in [-0.4, -0.2) is 5.11 Å². The second kappa shape index (κ2) is 4.96. The number of halogens is 2. The average molecular weight is 276 g/mol. The van der Waals surface area contributed by atoms with E-state index in [9.17, 15) is 8.78 Å². The van der Waals surface area contributed by atoms with E-state index in [4.69, 9.17) is 9.84 Å². The summed E-state index contributed by atoms with van der Waals surface area (Å²) < 4.78 is 34.6. The molecule has 0 saturated carbocycles. The van der Waals surface area contributed by atoms with Crippen molar-refractivity contribution in [3.8, 4) is 0 Å². The number of ether oxygens (including phenoxy) is 1. The zero-order chi connectivity index (χ0) is 14.2. The third kappa shape index (κ3) is 2.11. The Morgan fingerprint density at radius 3 is 2.60 bits per heavy atom. The zero-order valence-electron chi connectivity index (χ0n) is 10.7. The third-order valence-electron chi connectivity index (χ3n) is 3.55. The van der Waals surface area contributed by atoms with Crippen molar-refractivity contribution in [2.24, 2.45) is 0 Å². The van der Waals surface area contributed by atoms with Gasteiger partial charge in [-0.25, -0.2) is 0 Å². The first-order valence-electron chi connectivity index (χ1n) is 6.40. The first-order valence-corrected chi connectivity index (χ1v) is 6.40. The highest BCUT2D eigenvalue weighted by atomic mass is 19.3. The predicted molar refractivity (Wildman–Crippen MR) is 70.2 cm³/mol. The molecule has 0 aliphatic carbocycles. The van der Waals surface area contributed by atoms with Crippen LogP contribution in [0.4, 0.5) is 8.78 Å². The van der Waals surface area contributed by atoms with E-state index in [1.54, 1.807) is 36.4 Å². The van der Waals surface area contributed by atoms with Gasteiger partial charge in [0.15, 0.2) is 6.10 Å². The third-order valence-corrected chi connectivity index (χ3v) is 3.55. The van der Waals surface area contributed by atoms with Crippen LogP contribution in [0.5, 0.6) is 0 Å². The van der Waals surface area contributed by atoms with Gasteiger partial charge < -0.3 is 9.84 Å². The van der Waals surface area contributed by atoms with Crippen LogP contribution in [0.15, 0.2) is 48.5 Å². The molecule has 0 bridgehead atoms. The maximum absolute atomic E-state index is 14.6. The van der Waals surface area contributed by atoms with Gasteiger partial charge in [-0.1, -0.05) is 48.5 Å². The summed E-state index contributed by atoms with van der Waals surface area (Å²) in [7, 11) is 0. The minimum absolute atomic E-state index is 0.0187. The van der Waals surface area contributed by atoms with Crippen LogP contribution in [-0.2, 0) is 23.9 Å². The lowest BCUT2D eigenvalue weighted by atomic mass is 9.90. The van der Waals surface area contributed by atoms with Crippen LogP contribution in [0.1, 0.15) is 28.4 Å². The molecular weight excluding hydrogens is 262 g/mol. The molecule has 1 heterocycles. The summed E-state index contributed by atoms with van der Waals surface area (Å²) in [5, 5.41) is 9.07. The summed E-state index contributed by atoms with van der Waals surface area (Å²) in [5.74, 6) is -3.08. The highest BCUT2D eigenvalue weighted by Crippen LogP contribution is 2.48. The molecule has 4 heteroatoms. The van der Waals surface area contributed by atoms with Crippen molar-refractivity contribution >= 4 is 0 Å². The zero-order valence-corrected chi connectivity index (χ0v) is 10.7. The smallest absolute Gasteiger partial charge is 0.303 e. The average Bonchev–Trinajstić information content (AvgIpc) is 2.47. The fourth-order valence-corrected chi connectivity index (χ4v) is 2.54. The topological polar surface area (TPSA) is 29.5 Å². The van der Waals surface area contributed by atoms with Crippen molar-refractivity contribution < 1.29 is 18.6 Å². The van der Waals surface area contributed by atoms with E-state index in [0.717, 1.165) is 0 Å². The lowest BCUT2D eigenvalue weighted by Crippen LogP contribution is -2.31. The molecule has 3 rings (SSSR count). The summed E-state index contributed by atoms with van der Waals surface area (Å²) in [6.45, 7) is -0.0424. The van der Waals surface area contributed by atoms with Crippen LogP contribution >= 0.6 is 0 Å². The van der Waals surface area contributed by atoms with E-state index in [2.05, 4.69) is 0 Å². The van der Waals surface area contributed by atoms with E-state index in [-0.39, 0.29) is 18.8 Å². The van der Waals surface area contributed by atoms with Gasteiger partial charge in [-0.15, -0.1) is 0 Å². The van der Waals surface area contributed by atoms with E-state index in [1.807, 2.05) is 0 Å². The Morgan fingerprint density at radius 1 is 1.15 bits per heavy atom. The Morgan fingerprint density at radius 2 is 1.90 bits per heavy atom. The van der Waals surface area contributed by atoms with Gasteiger partial charge in [0.2, 0.25) is 0 Å². The van der Waals surface area contributed by atoms with E-state index in [1.165, 1.54) is 12.1 Å². The molecule has 104 valence electrons. The lowest BCUT2D eigenvalue weighted by Gasteiger charge is -2.34. The monoisotopic (exact) mass is 276 g/mol. The van der Waals surface area contributed by atoms with Gasteiger partial charge in [0.25, 0.3) is 0 Å². The van der Waals surface area contributed by atoms with Crippen molar-refractivity contribution in [1.29, 1.82) is 0 Å². The van der Waals surface area contributed by atoms with Gasteiger partial charge >= 0.3 is 5.92 Å². The molecule has 1 aliphatic heterocycles. The fraction of sp³-hybridized carbons (Fsp3) is 0.250. The Kier molecular flexibility index (Phi) is 3.28. The lowest BCUT2D eigenvalue weighted by molar-refractivity contribution is -0.167. The van der Waals surface area contributed by atoms with E-state index >= 15 is 0 Å². The first kappa shape index (κ1) is 13.2. The second-order valence-corrected chi connectivity index (χ2v) is 4.87. The molecule has 0 saturated heterocycles. The second-order valence-electron chi connectivity index (χ2n) is 4.87. The van der Waals surface area contributed by atoms with Crippen molar-refractivity contribution in [1.82, 2.24) is 0 Å². The van der Waals surface area contributed by atoms with Gasteiger partial charge in [0.1, 0.15) is 0 Å². The summed E-state index contributed by atoms with van der Waals surface area (Å²) in [6, 6.07) is 13.0. The van der Waals surface area contributed by atoms with E-state index < -0.39 is 12.0 Å². The standard InChI is InChI=1S/C16H14F2O2/c17-16(18)14-7-6-11(9-19)8-13(14)10-20-15(16)12-4-2-1-3-5-12/h1-8,15,19H,9-10H2. The highest BCUT2D eigenvalue weighted by molar-refractivity contribution is 5.38. The van der Waals surface area contributed by atoms with Crippen LogP contribution < -0.4 is 0 Å². The Balaban J connectivity index is 2.03. The summed E-state index contributed by atoms with van der Waals surface area (Å²) in [5.41, 5.74) is 1.50. The van der Waals surface area contributed by atoms with Gasteiger partial charge in [0, 0.05) is 5.56 Å². The number of hydrogen-bond donors (Lipinski definition) is 1.